The molecule has 0 amide bonds. The van der Waals surface area contributed by atoms with Crippen molar-refractivity contribution in [2.24, 2.45) is 16.6 Å². The van der Waals surface area contributed by atoms with Gasteiger partial charge in [-0.05, 0) is 32.3 Å². The van der Waals surface area contributed by atoms with E-state index in [1.54, 1.807) is 13.0 Å². The normalized spacial score (nSPS) is 30.1. The highest BCUT2D eigenvalue weighted by molar-refractivity contribution is 6.32. The van der Waals surface area contributed by atoms with Crippen LogP contribution in [0.3, 0.4) is 0 Å². The Kier molecular flexibility index (Phi) is 4.69. The van der Waals surface area contributed by atoms with Crippen LogP contribution in [0.25, 0.3) is 0 Å². The Hall–Kier alpha value is -1.43. The first kappa shape index (κ1) is 17.4. The van der Waals surface area contributed by atoms with Gasteiger partial charge in [0.15, 0.2) is 11.6 Å². The summed E-state index contributed by atoms with van der Waals surface area (Å²) in [6.07, 6.45) is 0.934. The van der Waals surface area contributed by atoms with Gasteiger partial charge in [-0.15, -0.1) is 0 Å². The number of aliphatic hydroxyl groups is 1. The van der Waals surface area contributed by atoms with Gasteiger partial charge in [0.05, 0.1) is 12.1 Å². The molecule has 1 aliphatic heterocycles. The van der Waals surface area contributed by atoms with Gasteiger partial charge in [0.25, 0.3) is 0 Å². The lowest BCUT2D eigenvalue weighted by Crippen LogP contribution is -2.55. The third-order valence-corrected chi connectivity index (χ3v) is 5.53. The number of Topliss-reactive ketones (excluding diaryl/α,β-unsaturated/α-hetero) is 1. The first-order chi connectivity index (χ1) is 11.4. The molecule has 3 unspecified atom stereocenters. The largest absolute Gasteiger partial charge is 0.468 e. The first-order valence-electron chi connectivity index (χ1n) is 8.36. The van der Waals surface area contributed by atoms with Gasteiger partial charge < -0.3 is 15.6 Å². The molecular weight excluding hydrogens is 328 g/mol. The van der Waals surface area contributed by atoms with E-state index in [9.17, 15) is 9.90 Å². The highest BCUT2D eigenvalue weighted by atomic mass is 35.5. The lowest BCUT2D eigenvalue weighted by molar-refractivity contribution is -0.137. The van der Waals surface area contributed by atoms with Crippen molar-refractivity contribution < 1.29 is 14.6 Å². The number of ether oxygens (including phenoxy) is 1. The zero-order valence-corrected chi connectivity index (χ0v) is 14.7. The number of carbonyl (C=O) groups excluding carboxylic acids is 1. The number of ketones is 1. The monoisotopic (exact) mass is 350 g/mol. The summed E-state index contributed by atoms with van der Waals surface area (Å²) in [4.78, 5) is 17.6. The predicted octanol–water partition coefficient (Wildman–Crippen LogP) is 2.43. The molecular formula is C18H23ClN2O3. The average molecular weight is 351 g/mol. The first-order valence-corrected chi connectivity index (χ1v) is 8.74. The van der Waals surface area contributed by atoms with E-state index in [2.05, 4.69) is 4.99 Å². The van der Waals surface area contributed by atoms with Crippen LogP contribution in [0.1, 0.15) is 38.7 Å². The standard InChI is InChI=1S/C18H23ClN2O3/c1-10(11(2)22)15(20)17-21-18(12-6-3-4-7-13(12)19)9-5-8-14(24-17)16(18)23/h3-4,6-7,10-11,14-15,22H,5,8-9,20H2,1-2H3/t10?,11?,14-,15?,18-/m0/s1. The summed E-state index contributed by atoms with van der Waals surface area (Å²) in [5.41, 5.74) is 5.94. The Labute approximate surface area is 146 Å². The van der Waals surface area contributed by atoms with Crippen LogP contribution in [0.4, 0.5) is 0 Å². The Morgan fingerprint density at radius 3 is 2.79 bits per heavy atom. The molecule has 0 spiro atoms. The molecule has 2 bridgehead atoms. The molecule has 24 heavy (non-hydrogen) atoms. The van der Waals surface area contributed by atoms with E-state index in [-0.39, 0.29) is 11.7 Å². The Balaban J connectivity index is 2.09. The van der Waals surface area contributed by atoms with Crippen LogP contribution >= 0.6 is 11.6 Å². The highest BCUT2D eigenvalue weighted by Gasteiger charge is 2.52. The second-order valence-electron chi connectivity index (χ2n) is 6.78. The van der Waals surface area contributed by atoms with Crippen LogP contribution in [0.15, 0.2) is 29.3 Å². The van der Waals surface area contributed by atoms with Gasteiger partial charge in [-0.2, -0.15) is 0 Å². The SMILES string of the molecule is CC(O)C(C)C(N)C1=N[C@]2(c3ccccc3Cl)CCC[C@H](O1)C2=O. The van der Waals surface area contributed by atoms with Gasteiger partial charge in [-0.3, -0.25) is 4.79 Å². The number of fused-ring (bicyclic) bond motifs is 2. The second kappa shape index (κ2) is 6.47. The summed E-state index contributed by atoms with van der Waals surface area (Å²) in [7, 11) is 0. The van der Waals surface area contributed by atoms with Gasteiger partial charge in [-0.1, -0.05) is 36.7 Å². The Bertz CT molecular complexity index is 676. The number of aliphatic imine (C=N–C) groups is 1. The number of hydrogen-bond donors (Lipinski definition) is 2. The number of hydrogen-bond acceptors (Lipinski definition) is 5. The minimum atomic E-state index is -1.02. The number of benzene rings is 1. The van der Waals surface area contributed by atoms with Crippen LogP contribution < -0.4 is 5.73 Å². The number of aliphatic hydroxyl groups excluding tert-OH is 1. The van der Waals surface area contributed by atoms with Gasteiger partial charge >= 0.3 is 0 Å². The van der Waals surface area contributed by atoms with Crippen LogP contribution in [-0.4, -0.2) is 35.0 Å². The minimum absolute atomic E-state index is 0.0532. The maximum atomic E-state index is 13.0. The summed E-state index contributed by atoms with van der Waals surface area (Å²) >= 11 is 6.37. The number of carbonyl (C=O) groups is 1. The van der Waals surface area contributed by atoms with Crippen molar-refractivity contribution in [2.75, 3.05) is 0 Å². The lowest BCUT2D eigenvalue weighted by Gasteiger charge is -2.43. The molecule has 130 valence electrons. The van der Waals surface area contributed by atoms with E-state index in [1.807, 2.05) is 25.1 Å². The van der Waals surface area contributed by atoms with E-state index < -0.39 is 23.8 Å². The van der Waals surface area contributed by atoms with Crippen molar-refractivity contribution >= 4 is 23.3 Å². The molecule has 2 aliphatic rings. The van der Waals surface area contributed by atoms with Crippen molar-refractivity contribution in [1.82, 2.24) is 0 Å². The number of rotatable bonds is 4. The summed E-state index contributed by atoms with van der Waals surface area (Å²) < 4.78 is 5.81. The minimum Gasteiger partial charge on any atom is -0.468 e. The molecule has 1 fully saturated rings. The fourth-order valence-corrected chi connectivity index (χ4v) is 3.74. The molecule has 1 heterocycles. The smallest absolute Gasteiger partial charge is 0.205 e. The molecule has 1 aliphatic carbocycles. The average Bonchev–Trinajstić information content (AvgIpc) is 2.54. The number of halogens is 1. The molecule has 6 heteroatoms. The zero-order chi connectivity index (χ0) is 17.5. The van der Waals surface area contributed by atoms with E-state index in [0.29, 0.717) is 29.3 Å². The second-order valence-corrected chi connectivity index (χ2v) is 7.19. The zero-order valence-electron chi connectivity index (χ0n) is 13.9. The van der Waals surface area contributed by atoms with Crippen molar-refractivity contribution in [3.05, 3.63) is 34.9 Å². The Morgan fingerprint density at radius 2 is 2.12 bits per heavy atom. The molecule has 1 aromatic carbocycles. The molecule has 0 radical (unpaired) electrons. The molecule has 0 saturated heterocycles. The van der Waals surface area contributed by atoms with Gasteiger partial charge in [0, 0.05) is 16.5 Å². The van der Waals surface area contributed by atoms with Crippen LogP contribution in [0.5, 0.6) is 0 Å². The topological polar surface area (TPSA) is 84.9 Å². The van der Waals surface area contributed by atoms with E-state index in [1.165, 1.54) is 0 Å². The summed E-state index contributed by atoms with van der Waals surface area (Å²) in [6, 6.07) is 6.74. The van der Waals surface area contributed by atoms with Crippen molar-refractivity contribution in [3.63, 3.8) is 0 Å². The van der Waals surface area contributed by atoms with Crippen molar-refractivity contribution in [2.45, 2.75) is 56.9 Å². The maximum absolute atomic E-state index is 13.0. The van der Waals surface area contributed by atoms with Gasteiger partial charge in [-0.25, -0.2) is 4.99 Å². The quantitative estimate of drug-likeness (QED) is 0.873. The fourth-order valence-electron chi connectivity index (χ4n) is 3.45. The molecule has 5 atom stereocenters. The van der Waals surface area contributed by atoms with Crippen LogP contribution in [-0.2, 0) is 15.1 Å². The third kappa shape index (κ3) is 2.75. The highest BCUT2D eigenvalue weighted by Crippen LogP contribution is 2.44. The maximum Gasteiger partial charge on any atom is 0.205 e. The van der Waals surface area contributed by atoms with Crippen molar-refractivity contribution in [3.8, 4) is 0 Å². The molecule has 1 aromatic rings. The Morgan fingerprint density at radius 1 is 1.42 bits per heavy atom. The van der Waals surface area contributed by atoms with Gasteiger partial charge in [0.1, 0.15) is 0 Å². The molecule has 5 nitrogen and oxygen atoms in total. The molecule has 0 aromatic heterocycles. The third-order valence-electron chi connectivity index (χ3n) is 5.20. The van der Waals surface area contributed by atoms with E-state index in [0.717, 1.165) is 6.42 Å². The fraction of sp³-hybridized carbons (Fsp3) is 0.556. The number of nitrogens with two attached hydrogens (primary N) is 1. The molecule has 1 saturated carbocycles. The van der Waals surface area contributed by atoms with Crippen molar-refractivity contribution in [1.29, 1.82) is 0 Å². The predicted molar refractivity (Wildman–Crippen MR) is 93.1 cm³/mol. The molecule has 3 rings (SSSR count). The summed E-state index contributed by atoms with van der Waals surface area (Å²) in [5.74, 6) is 0.0519. The lowest BCUT2D eigenvalue weighted by atomic mass is 9.73. The van der Waals surface area contributed by atoms with E-state index >= 15 is 0 Å². The summed E-state index contributed by atoms with van der Waals surface area (Å²) in [6.45, 7) is 3.53. The number of nitrogens with zero attached hydrogens (tertiary/aromatic N) is 1. The van der Waals surface area contributed by atoms with Crippen LogP contribution in [0, 0.1) is 5.92 Å². The van der Waals surface area contributed by atoms with Gasteiger partial charge in [0.2, 0.25) is 11.7 Å². The van der Waals surface area contributed by atoms with Crippen LogP contribution in [0.2, 0.25) is 5.02 Å². The van der Waals surface area contributed by atoms with E-state index in [4.69, 9.17) is 22.1 Å². The molecule has 3 N–H and O–H groups in total. The summed E-state index contributed by atoms with van der Waals surface area (Å²) in [5, 5.41) is 10.3.